The Morgan fingerprint density at radius 2 is 1.80 bits per heavy atom. The van der Waals surface area contributed by atoms with E-state index >= 15 is 0 Å². The molecule has 3 heterocycles. The van der Waals surface area contributed by atoms with Crippen molar-refractivity contribution in [1.29, 1.82) is 0 Å². The van der Waals surface area contributed by atoms with E-state index < -0.39 is 0 Å². The number of nitrogens with zero attached hydrogens (tertiary/aromatic N) is 3. The summed E-state index contributed by atoms with van der Waals surface area (Å²) in [6.45, 7) is 4.77. The molecule has 0 bridgehead atoms. The quantitative estimate of drug-likeness (QED) is 0.797. The normalized spacial score (nSPS) is 24.9. The number of fused-ring (bicyclic) bond motifs is 2. The van der Waals surface area contributed by atoms with Crippen molar-refractivity contribution in [2.75, 3.05) is 32.6 Å². The summed E-state index contributed by atoms with van der Waals surface area (Å²) < 4.78 is 11.0. The average Bonchev–Trinajstić information content (AvgIpc) is 2.76. The van der Waals surface area contributed by atoms with E-state index in [4.69, 9.17) is 19.4 Å². The fourth-order valence-corrected chi connectivity index (χ4v) is 5.53. The van der Waals surface area contributed by atoms with E-state index in [2.05, 4.69) is 17.1 Å². The molecule has 0 spiro atoms. The number of hydrogen-bond donors (Lipinski definition) is 1. The summed E-state index contributed by atoms with van der Waals surface area (Å²) in [7, 11) is 3.30. The minimum absolute atomic E-state index is 0.491. The fraction of sp³-hybridized carbons (Fsp3) is 0.667. The van der Waals surface area contributed by atoms with Crippen LogP contribution < -0.4 is 14.8 Å². The Balaban J connectivity index is 1.43. The number of piperidine rings is 1. The lowest BCUT2D eigenvalue weighted by molar-refractivity contribution is 0.0665. The zero-order chi connectivity index (χ0) is 20.7. The third-order valence-corrected chi connectivity index (χ3v) is 7.32. The molecule has 0 aromatic carbocycles. The van der Waals surface area contributed by atoms with Crippen LogP contribution in [-0.2, 0) is 12.8 Å². The molecule has 162 valence electrons. The van der Waals surface area contributed by atoms with E-state index in [1.807, 2.05) is 6.07 Å². The van der Waals surface area contributed by atoms with Gasteiger partial charge in [-0.05, 0) is 62.8 Å². The number of hydrogen-bond acceptors (Lipinski definition) is 6. The molecule has 1 saturated carbocycles. The Bertz CT molecular complexity index is 912. The van der Waals surface area contributed by atoms with Gasteiger partial charge in [0.1, 0.15) is 5.52 Å². The number of nitrogens with one attached hydrogen (secondary N) is 1. The van der Waals surface area contributed by atoms with Crippen molar-refractivity contribution in [2.24, 2.45) is 5.92 Å². The standard InChI is InChI=1S/C24H34N4O2/c1-15-12-17(13-15)28-10-8-16(9-11-28)25-22-18-6-4-5-7-19(18)26-20-14-21(29-2)24(30-3)27-23(20)22/h14-17H,4-13H2,1-3H3,(H,25,26). The largest absolute Gasteiger partial charge is 0.491 e. The molecule has 2 aromatic heterocycles. The number of rotatable bonds is 5. The Labute approximate surface area is 179 Å². The van der Waals surface area contributed by atoms with Gasteiger partial charge in [0.15, 0.2) is 5.75 Å². The van der Waals surface area contributed by atoms with Crippen LogP contribution in [-0.4, -0.2) is 54.3 Å². The number of likely N-dealkylation sites (tertiary alicyclic amines) is 1. The molecular weight excluding hydrogens is 376 g/mol. The number of ether oxygens (including phenoxy) is 2. The summed E-state index contributed by atoms with van der Waals surface area (Å²) in [6.07, 6.45) is 9.71. The van der Waals surface area contributed by atoms with Crippen LogP contribution in [0.4, 0.5) is 5.69 Å². The van der Waals surface area contributed by atoms with E-state index in [1.54, 1.807) is 14.2 Å². The number of pyridine rings is 2. The van der Waals surface area contributed by atoms with E-state index in [0.717, 1.165) is 35.8 Å². The topological polar surface area (TPSA) is 59.5 Å². The Hall–Kier alpha value is -2.08. The van der Waals surface area contributed by atoms with Crippen molar-refractivity contribution in [3.63, 3.8) is 0 Å². The summed E-state index contributed by atoms with van der Waals surface area (Å²) >= 11 is 0. The van der Waals surface area contributed by atoms with Crippen LogP contribution in [0.5, 0.6) is 11.6 Å². The molecule has 0 radical (unpaired) electrons. The van der Waals surface area contributed by atoms with Crippen molar-refractivity contribution in [3.8, 4) is 11.6 Å². The minimum Gasteiger partial charge on any atom is -0.491 e. The molecule has 6 nitrogen and oxygen atoms in total. The Kier molecular flexibility index (Phi) is 5.44. The van der Waals surface area contributed by atoms with Gasteiger partial charge in [-0.2, -0.15) is 0 Å². The van der Waals surface area contributed by atoms with Crippen LogP contribution in [0.1, 0.15) is 56.7 Å². The summed E-state index contributed by atoms with van der Waals surface area (Å²) in [5.41, 5.74) is 5.60. The highest BCUT2D eigenvalue weighted by Crippen LogP contribution is 2.38. The Morgan fingerprint density at radius 3 is 2.50 bits per heavy atom. The predicted molar refractivity (Wildman–Crippen MR) is 120 cm³/mol. The maximum atomic E-state index is 5.50. The zero-order valence-electron chi connectivity index (χ0n) is 18.5. The molecule has 2 aliphatic carbocycles. The van der Waals surface area contributed by atoms with Crippen LogP contribution in [0, 0.1) is 5.92 Å². The van der Waals surface area contributed by atoms with Crippen molar-refractivity contribution in [2.45, 2.75) is 70.4 Å². The molecule has 2 fully saturated rings. The lowest BCUT2D eigenvalue weighted by Crippen LogP contribution is -2.49. The number of aryl methyl sites for hydroxylation is 1. The van der Waals surface area contributed by atoms with Crippen molar-refractivity contribution in [3.05, 3.63) is 17.3 Å². The lowest BCUT2D eigenvalue weighted by Gasteiger charge is -2.45. The second-order valence-electron chi connectivity index (χ2n) is 9.37. The SMILES string of the molecule is COc1cc2nc3c(c(NC4CCN(C5CC(C)C5)CC4)c2nc1OC)CCCC3. The predicted octanol–water partition coefficient (Wildman–Crippen LogP) is 4.20. The molecule has 1 saturated heterocycles. The second-order valence-corrected chi connectivity index (χ2v) is 9.37. The summed E-state index contributed by atoms with van der Waals surface area (Å²) in [4.78, 5) is 12.5. The highest BCUT2D eigenvalue weighted by molar-refractivity contribution is 5.91. The van der Waals surface area contributed by atoms with Crippen molar-refractivity contribution < 1.29 is 9.47 Å². The van der Waals surface area contributed by atoms with Gasteiger partial charge in [-0.25, -0.2) is 4.98 Å². The molecule has 0 amide bonds. The first-order chi connectivity index (χ1) is 14.7. The van der Waals surface area contributed by atoms with Crippen molar-refractivity contribution >= 4 is 16.7 Å². The second kappa shape index (κ2) is 8.22. The third-order valence-electron chi connectivity index (χ3n) is 7.32. The lowest BCUT2D eigenvalue weighted by atomic mass is 9.80. The van der Waals surface area contributed by atoms with Gasteiger partial charge in [0.25, 0.3) is 5.88 Å². The molecule has 6 heteroatoms. The van der Waals surface area contributed by atoms with Crippen LogP contribution in [0.2, 0.25) is 0 Å². The number of methoxy groups -OCH3 is 2. The molecule has 5 rings (SSSR count). The van der Waals surface area contributed by atoms with Gasteiger partial charge in [0.05, 0.1) is 25.4 Å². The van der Waals surface area contributed by atoms with E-state index in [-0.39, 0.29) is 0 Å². The van der Waals surface area contributed by atoms with Crippen molar-refractivity contribution in [1.82, 2.24) is 14.9 Å². The summed E-state index contributed by atoms with van der Waals surface area (Å²) in [6, 6.07) is 3.29. The molecule has 2 aromatic rings. The van der Waals surface area contributed by atoms with Crippen LogP contribution >= 0.6 is 0 Å². The van der Waals surface area contributed by atoms with Crippen LogP contribution in [0.25, 0.3) is 11.0 Å². The fourth-order valence-electron chi connectivity index (χ4n) is 5.53. The zero-order valence-corrected chi connectivity index (χ0v) is 18.5. The van der Waals surface area contributed by atoms with E-state index in [1.165, 1.54) is 68.6 Å². The van der Waals surface area contributed by atoms with Gasteiger partial charge >= 0.3 is 0 Å². The summed E-state index contributed by atoms with van der Waals surface area (Å²) in [5.74, 6) is 2.08. The maximum Gasteiger partial charge on any atom is 0.257 e. The first kappa shape index (κ1) is 19.9. The Morgan fingerprint density at radius 1 is 1.03 bits per heavy atom. The third kappa shape index (κ3) is 3.59. The van der Waals surface area contributed by atoms with Gasteiger partial charge in [0.2, 0.25) is 0 Å². The van der Waals surface area contributed by atoms with Gasteiger partial charge in [0, 0.05) is 36.9 Å². The van der Waals surface area contributed by atoms with E-state index in [9.17, 15) is 0 Å². The highest BCUT2D eigenvalue weighted by atomic mass is 16.5. The monoisotopic (exact) mass is 410 g/mol. The van der Waals surface area contributed by atoms with Crippen LogP contribution in [0.3, 0.4) is 0 Å². The molecule has 1 N–H and O–H groups in total. The summed E-state index contributed by atoms with van der Waals surface area (Å²) in [5, 5.41) is 3.92. The maximum absolute atomic E-state index is 5.50. The molecule has 0 atom stereocenters. The van der Waals surface area contributed by atoms with Gasteiger partial charge in [-0.1, -0.05) is 6.92 Å². The first-order valence-corrected chi connectivity index (χ1v) is 11.6. The van der Waals surface area contributed by atoms with E-state index in [0.29, 0.717) is 17.7 Å². The highest BCUT2D eigenvalue weighted by Gasteiger charge is 2.33. The van der Waals surface area contributed by atoms with Gasteiger partial charge in [-0.15, -0.1) is 0 Å². The number of aromatic nitrogens is 2. The van der Waals surface area contributed by atoms with Gasteiger partial charge in [-0.3, -0.25) is 4.98 Å². The smallest absolute Gasteiger partial charge is 0.257 e. The molecular formula is C24H34N4O2. The molecule has 30 heavy (non-hydrogen) atoms. The van der Waals surface area contributed by atoms with Crippen LogP contribution in [0.15, 0.2) is 6.07 Å². The average molecular weight is 411 g/mol. The minimum atomic E-state index is 0.491. The first-order valence-electron chi connectivity index (χ1n) is 11.6. The molecule has 1 aliphatic heterocycles. The van der Waals surface area contributed by atoms with Gasteiger partial charge < -0.3 is 19.7 Å². The molecule has 3 aliphatic rings. The molecule has 0 unspecified atom stereocenters. The number of anilines is 1.